The molecule has 5 rings (SSSR count). The second-order valence-corrected chi connectivity index (χ2v) is 7.73. The van der Waals surface area contributed by atoms with Gasteiger partial charge in [-0.25, -0.2) is 9.97 Å². The normalized spacial score (nSPS) is 17.4. The Labute approximate surface area is 169 Å². The van der Waals surface area contributed by atoms with Crippen molar-refractivity contribution < 1.29 is 4.79 Å². The SMILES string of the molecule is O=C(CN1CCN(c2nc(-c3cccnc3)nc3ccccc23)CC1)NC1CC1. The molecule has 0 radical (unpaired) electrons. The maximum atomic E-state index is 12.1. The molecule has 148 valence electrons. The van der Waals surface area contributed by atoms with Gasteiger partial charge in [0.2, 0.25) is 5.91 Å². The molecule has 1 amide bonds. The maximum Gasteiger partial charge on any atom is 0.234 e. The Bertz CT molecular complexity index is 1010. The van der Waals surface area contributed by atoms with Gasteiger partial charge in [-0.3, -0.25) is 14.7 Å². The molecule has 0 bridgehead atoms. The Hall–Kier alpha value is -3.06. The van der Waals surface area contributed by atoms with E-state index in [1.807, 2.05) is 30.3 Å². The van der Waals surface area contributed by atoms with Crippen molar-refractivity contribution >= 4 is 22.6 Å². The number of rotatable bonds is 5. The highest BCUT2D eigenvalue weighted by molar-refractivity contribution is 5.91. The zero-order valence-electron chi connectivity index (χ0n) is 16.3. The van der Waals surface area contributed by atoms with Crippen molar-refractivity contribution in [2.75, 3.05) is 37.6 Å². The second kappa shape index (κ2) is 7.75. The summed E-state index contributed by atoms with van der Waals surface area (Å²) < 4.78 is 0. The Morgan fingerprint density at radius 3 is 2.62 bits per heavy atom. The summed E-state index contributed by atoms with van der Waals surface area (Å²) in [7, 11) is 0. The summed E-state index contributed by atoms with van der Waals surface area (Å²) in [6.07, 6.45) is 5.80. The number of nitrogens with one attached hydrogen (secondary N) is 1. The van der Waals surface area contributed by atoms with Crippen LogP contribution in [-0.2, 0) is 4.79 Å². The van der Waals surface area contributed by atoms with E-state index in [9.17, 15) is 4.79 Å². The highest BCUT2D eigenvalue weighted by Crippen LogP contribution is 2.28. The van der Waals surface area contributed by atoms with Gasteiger partial charge in [0.05, 0.1) is 12.1 Å². The van der Waals surface area contributed by atoms with Crippen LogP contribution in [0.2, 0.25) is 0 Å². The first kappa shape index (κ1) is 18.0. The van der Waals surface area contributed by atoms with Gasteiger partial charge < -0.3 is 10.2 Å². The fourth-order valence-corrected chi connectivity index (χ4v) is 3.75. The molecule has 1 saturated heterocycles. The molecular formula is C22H24N6O. The summed E-state index contributed by atoms with van der Waals surface area (Å²) in [5.41, 5.74) is 1.84. The van der Waals surface area contributed by atoms with E-state index >= 15 is 0 Å². The fourth-order valence-electron chi connectivity index (χ4n) is 3.75. The number of nitrogens with zero attached hydrogens (tertiary/aromatic N) is 5. The Morgan fingerprint density at radius 1 is 1.03 bits per heavy atom. The number of amides is 1. The monoisotopic (exact) mass is 388 g/mol. The van der Waals surface area contributed by atoms with Crippen LogP contribution in [0.15, 0.2) is 48.8 Å². The number of carbonyl (C=O) groups excluding carboxylic acids is 1. The largest absolute Gasteiger partial charge is 0.353 e. The van der Waals surface area contributed by atoms with Crippen LogP contribution < -0.4 is 10.2 Å². The quantitative estimate of drug-likeness (QED) is 0.722. The Morgan fingerprint density at radius 2 is 1.86 bits per heavy atom. The van der Waals surface area contributed by atoms with Gasteiger partial charge in [-0.05, 0) is 37.1 Å². The molecule has 0 atom stereocenters. The lowest BCUT2D eigenvalue weighted by Gasteiger charge is -2.35. The van der Waals surface area contributed by atoms with Gasteiger partial charge in [-0.1, -0.05) is 12.1 Å². The van der Waals surface area contributed by atoms with Crippen molar-refractivity contribution in [1.82, 2.24) is 25.2 Å². The number of para-hydroxylation sites is 1. The third-order valence-corrected chi connectivity index (χ3v) is 5.48. The minimum atomic E-state index is 0.146. The van der Waals surface area contributed by atoms with Gasteiger partial charge in [0.1, 0.15) is 5.82 Å². The lowest BCUT2D eigenvalue weighted by atomic mass is 10.2. The Kier molecular flexibility index (Phi) is 4.81. The summed E-state index contributed by atoms with van der Waals surface area (Å²) in [6.45, 7) is 3.85. The van der Waals surface area contributed by atoms with Crippen LogP contribution in [0.25, 0.3) is 22.3 Å². The highest BCUT2D eigenvalue weighted by Gasteiger charge is 2.26. The smallest absolute Gasteiger partial charge is 0.234 e. The van der Waals surface area contributed by atoms with Crippen LogP contribution in [0.4, 0.5) is 5.82 Å². The highest BCUT2D eigenvalue weighted by atomic mass is 16.2. The van der Waals surface area contributed by atoms with E-state index in [1.165, 1.54) is 0 Å². The van der Waals surface area contributed by atoms with Crippen molar-refractivity contribution in [2.45, 2.75) is 18.9 Å². The molecule has 1 aliphatic carbocycles. The Balaban J connectivity index is 1.36. The molecule has 2 aromatic heterocycles. The van der Waals surface area contributed by atoms with E-state index in [-0.39, 0.29) is 5.91 Å². The molecule has 29 heavy (non-hydrogen) atoms. The van der Waals surface area contributed by atoms with Crippen LogP contribution in [0, 0.1) is 0 Å². The van der Waals surface area contributed by atoms with Crippen molar-refractivity contribution in [2.24, 2.45) is 0 Å². The lowest BCUT2D eigenvalue weighted by Crippen LogP contribution is -2.50. The zero-order valence-corrected chi connectivity index (χ0v) is 16.3. The second-order valence-electron chi connectivity index (χ2n) is 7.73. The predicted octanol–water partition coefficient (Wildman–Crippen LogP) is 2.09. The number of benzene rings is 1. The topological polar surface area (TPSA) is 74.2 Å². The van der Waals surface area contributed by atoms with Gasteiger partial charge in [0.25, 0.3) is 0 Å². The molecule has 7 nitrogen and oxygen atoms in total. The molecule has 1 saturated carbocycles. The predicted molar refractivity (Wildman–Crippen MR) is 113 cm³/mol. The zero-order chi connectivity index (χ0) is 19.6. The molecule has 2 aliphatic rings. The van der Waals surface area contributed by atoms with Crippen molar-refractivity contribution in [3.05, 3.63) is 48.8 Å². The summed E-state index contributed by atoms with van der Waals surface area (Å²) in [4.78, 5) is 30.5. The van der Waals surface area contributed by atoms with E-state index in [0.717, 1.165) is 61.3 Å². The molecule has 1 aliphatic heterocycles. The molecule has 1 aromatic carbocycles. The molecule has 3 heterocycles. The van der Waals surface area contributed by atoms with E-state index < -0.39 is 0 Å². The standard InChI is InChI=1S/C22H24N6O/c29-20(24-17-7-8-17)15-27-10-12-28(13-11-27)22-18-5-1-2-6-19(18)25-21(26-22)16-4-3-9-23-14-16/h1-6,9,14,17H,7-8,10-13,15H2,(H,24,29). The van der Waals surface area contributed by atoms with Gasteiger partial charge in [0, 0.05) is 55.6 Å². The number of hydrogen-bond acceptors (Lipinski definition) is 6. The molecule has 2 fully saturated rings. The molecular weight excluding hydrogens is 364 g/mol. The van der Waals surface area contributed by atoms with Crippen molar-refractivity contribution in [3.8, 4) is 11.4 Å². The van der Waals surface area contributed by atoms with E-state index in [0.29, 0.717) is 18.4 Å². The minimum Gasteiger partial charge on any atom is -0.353 e. The lowest BCUT2D eigenvalue weighted by molar-refractivity contribution is -0.122. The van der Waals surface area contributed by atoms with E-state index in [2.05, 4.69) is 26.2 Å². The number of aromatic nitrogens is 3. The number of anilines is 1. The average molecular weight is 388 g/mol. The van der Waals surface area contributed by atoms with E-state index in [1.54, 1.807) is 12.4 Å². The number of pyridine rings is 1. The molecule has 1 N–H and O–H groups in total. The van der Waals surface area contributed by atoms with E-state index in [4.69, 9.17) is 9.97 Å². The summed E-state index contributed by atoms with van der Waals surface area (Å²) >= 11 is 0. The first-order valence-electron chi connectivity index (χ1n) is 10.2. The van der Waals surface area contributed by atoms with Crippen molar-refractivity contribution in [1.29, 1.82) is 0 Å². The first-order chi connectivity index (χ1) is 14.3. The third-order valence-electron chi connectivity index (χ3n) is 5.48. The molecule has 3 aromatic rings. The number of fused-ring (bicyclic) bond motifs is 1. The van der Waals surface area contributed by atoms with Gasteiger partial charge in [-0.2, -0.15) is 0 Å². The third kappa shape index (κ3) is 4.05. The van der Waals surface area contributed by atoms with Crippen LogP contribution in [0.1, 0.15) is 12.8 Å². The molecule has 7 heteroatoms. The van der Waals surface area contributed by atoms with Crippen LogP contribution in [-0.4, -0.2) is 64.5 Å². The number of hydrogen-bond donors (Lipinski definition) is 1. The first-order valence-corrected chi connectivity index (χ1v) is 10.2. The van der Waals surface area contributed by atoms with Crippen LogP contribution in [0.5, 0.6) is 0 Å². The van der Waals surface area contributed by atoms with Gasteiger partial charge >= 0.3 is 0 Å². The van der Waals surface area contributed by atoms with Crippen molar-refractivity contribution in [3.63, 3.8) is 0 Å². The van der Waals surface area contributed by atoms with Gasteiger partial charge in [-0.15, -0.1) is 0 Å². The average Bonchev–Trinajstić information content (AvgIpc) is 3.58. The van der Waals surface area contributed by atoms with Crippen LogP contribution >= 0.6 is 0 Å². The summed E-state index contributed by atoms with van der Waals surface area (Å²) in [5, 5.41) is 4.13. The van der Waals surface area contributed by atoms with Crippen LogP contribution in [0.3, 0.4) is 0 Å². The molecule has 0 unspecified atom stereocenters. The minimum absolute atomic E-state index is 0.146. The number of carbonyl (C=O) groups is 1. The fraction of sp³-hybridized carbons (Fsp3) is 0.364. The number of piperazine rings is 1. The summed E-state index contributed by atoms with van der Waals surface area (Å²) in [6, 6.07) is 12.4. The maximum absolute atomic E-state index is 12.1. The van der Waals surface area contributed by atoms with Gasteiger partial charge in [0.15, 0.2) is 5.82 Å². The summed E-state index contributed by atoms with van der Waals surface area (Å²) in [5.74, 6) is 1.79. The molecule has 0 spiro atoms.